The molecule has 0 aliphatic heterocycles. The maximum absolute atomic E-state index is 8.57. The van der Waals surface area contributed by atoms with Crippen LogP contribution in [0.25, 0.3) is 0 Å². The van der Waals surface area contributed by atoms with Crippen molar-refractivity contribution in [2.45, 2.75) is 25.7 Å². The summed E-state index contributed by atoms with van der Waals surface area (Å²) < 4.78 is 0. The molecule has 1 heteroatoms. The molecule has 3 rings (SSSR count). The molecule has 0 amide bonds. The van der Waals surface area contributed by atoms with Crippen molar-refractivity contribution in [1.29, 1.82) is 5.26 Å². The highest BCUT2D eigenvalue weighted by molar-refractivity contribution is 5.07. The number of fused-ring (bicyclic) bond motifs is 2. The molecule has 3 atom stereocenters. The maximum Gasteiger partial charge on any atom is 0.0624 e. The van der Waals surface area contributed by atoms with E-state index < -0.39 is 0 Å². The van der Waals surface area contributed by atoms with Gasteiger partial charge in [0.1, 0.15) is 0 Å². The van der Waals surface area contributed by atoms with E-state index in [1.165, 1.54) is 19.3 Å². The van der Waals surface area contributed by atoms with Crippen LogP contribution in [0.2, 0.25) is 0 Å². The number of hydrogen-bond donors (Lipinski definition) is 0. The number of nitrogens with zero attached hydrogens (tertiary/aromatic N) is 1. The van der Waals surface area contributed by atoms with E-state index in [0.717, 1.165) is 18.3 Å². The van der Waals surface area contributed by atoms with Gasteiger partial charge in [-0.1, -0.05) is 12.2 Å². The van der Waals surface area contributed by atoms with E-state index in [4.69, 9.17) is 5.26 Å². The van der Waals surface area contributed by atoms with Crippen LogP contribution in [0.4, 0.5) is 0 Å². The molecule has 0 spiro atoms. The second-order valence-electron chi connectivity index (χ2n) is 3.74. The molecule has 1 nitrogen and oxygen atoms in total. The summed E-state index contributed by atoms with van der Waals surface area (Å²) in [6, 6.07) is 2.29. The molecule has 3 aliphatic rings. The molecule has 0 aromatic heterocycles. The zero-order chi connectivity index (χ0) is 7.68. The van der Waals surface area contributed by atoms with Crippen LogP contribution in [0.15, 0.2) is 12.2 Å². The van der Waals surface area contributed by atoms with Gasteiger partial charge in [-0.3, -0.25) is 0 Å². The molecule has 3 unspecified atom stereocenters. The Labute approximate surface area is 67.7 Å². The molecule has 0 N–H and O–H groups in total. The van der Waals surface area contributed by atoms with Crippen molar-refractivity contribution in [1.82, 2.24) is 0 Å². The fraction of sp³-hybridized carbons (Fsp3) is 0.700. The van der Waals surface area contributed by atoms with Crippen LogP contribution < -0.4 is 0 Å². The van der Waals surface area contributed by atoms with Gasteiger partial charge >= 0.3 is 0 Å². The molecule has 0 aromatic rings. The van der Waals surface area contributed by atoms with Gasteiger partial charge in [-0.15, -0.1) is 0 Å². The lowest BCUT2D eigenvalue weighted by Gasteiger charge is -2.36. The van der Waals surface area contributed by atoms with Gasteiger partial charge in [0.05, 0.1) is 6.07 Å². The van der Waals surface area contributed by atoms with Gasteiger partial charge in [0.25, 0.3) is 0 Å². The lowest BCUT2D eigenvalue weighted by molar-refractivity contribution is 0.224. The average molecular weight is 147 g/mol. The minimum absolute atomic E-state index is 0.684. The first-order valence-electron chi connectivity index (χ1n) is 4.45. The third-order valence-electron chi connectivity index (χ3n) is 3.07. The molecule has 11 heavy (non-hydrogen) atoms. The summed E-state index contributed by atoms with van der Waals surface area (Å²) in [5.74, 6) is 2.22. The number of hydrogen-bond acceptors (Lipinski definition) is 1. The van der Waals surface area contributed by atoms with E-state index in [-0.39, 0.29) is 0 Å². The minimum Gasteiger partial charge on any atom is -0.198 e. The van der Waals surface area contributed by atoms with Crippen LogP contribution in [0, 0.1) is 29.1 Å². The second-order valence-corrected chi connectivity index (χ2v) is 3.74. The fourth-order valence-electron chi connectivity index (χ4n) is 2.40. The van der Waals surface area contributed by atoms with E-state index in [1.54, 1.807) is 0 Å². The SMILES string of the molecule is N#CCC1CC2C=CC1CC2. The highest BCUT2D eigenvalue weighted by Crippen LogP contribution is 2.41. The Balaban J connectivity index is 2.07. The molecule has 3 aliphatic carbocycles. The molecule has 1 saturated carbocycles. The molecular formula is C10H13N. The van der Waals surface area contributed by atoms with Crippen molar-refractivity contribution in [3.05, 3.63) is 12.2 Å². The van der Waals surface area contributed by atoms with E-state index in [1.807, 2.05) is 0 Å². The van der Waals surface area contributed by atoms with Crippen LogP contribution in [0.5, 0.6) is 0 Å². The highest BCUT2D eigenvalue weighted by atomic mass is 14.4. The summed E-state index contributed by atoms with van der Waals surface area (Å²) in [4.78, 5) is 0. The normalized spacial score (nSPS) is 40.5. The van der Waals surface area contributed by atoms with Crippen molar-refractivity contribution in [2.75, 3.05) is 0 Å². The van der Waals surface area contributed by atoms with Crippen molar-refractivity contribution in [2.24, 2.45) is 17.8 Å². The first-order valence-corrected chi connectivity index (χ1v) is 4.45. The molecule has 0 aromatic carbocycles. The Morgan fingerprint density at radius 3 is 2.73 bits per heavy atom. The highest BCUT2D eigenvalue weighted by Gasteiger charge is 2.31. The van der Waals surface area contributed by atoms with Crippen molar-refractivity contribution in [3.8, 4) is 6.07 Å². The smallest absolute Gasteiger partial charge is 0.0624 e. The number of allylic oxidation sites excluding steroid dienone is 2. The predicted octanol–water partition coefficient (Wildman–Crippen LogP) is 2.50. The summed E-state index contributed by atoms with van der Waals surface area (Å²) in [6.07, 6.45) is 9.42. The average Bonchev–Trinajstić information content (AvgIpc) is 2.07. The molecule has 0 heterocycles. The van der Waals surface area contributed by atoms with Gasteiger partial charge < -0.3 is 0 Å². The van der Waals surface area contributed by atoms with Crippen molar-refractivity contribution >= 4 is 0 Å². The van der Waals surface area contributed by atoms with Gasteiger partial charge in [0, 0.05) is 6.42 Å². The molecule has 1 fully saturated rings. The van der Waals surface area contributed by atoms with Crippen molar-refractivity contribution < 1.29 is 0 Å². The minimum atomic E-state index is 0.684. The molecule has 2 bridgehead atoms. The Morgan fingerprint density at radius 2 is 2.27 bits per heavy atom. The Morgan fingerprint density at radius 1 is 1.36 bits per heavy atom. The van der Waals surface area contributed by atoms with Gasteiger partial charge in [-0.2, -0.15) is 5.26 Å². The van der Waals surface area contributed by atoms with Gasteiger partial charge in [0.15, 0.2) is 0 Å². The third-order valence-corrected chi connectivity index (χ3v) is 3.07. The lowest BCUT2D eigenvalue weighted by Crippen LogP contribution is -2.26. The standard InChI is InChI=1S/C10H13N/c11-6-5-10-7-8-1-3-9(10)4-2-8/h1,3,8-10H,2,4-5,7H2. The maximum atomic E-state index is 8.57. The monoisotopic (exact) mass is 147 g/mol. The zero-order valence-electron chi connectivity index (χ0n) is 6.66. The second kappa shape index (κ2) is 2.70. The largest absolute Gasteiger partial charge is 0.198 e. The lowest BCUT2D eigenvalue weighted by atomic mass is 9.68. The number of nitriles is 1. The molecule has 0 radical (unpaired) electrons. The van der Waals surface area contributed by atoms with E-state index in [9.17, 15) is 0 Å². The quantitative estimate of drug-likeness (QED) is 0.523. The van der Waals surface area contributed by atoms with E-state index in [0.29, 0.717) is 5.92 Å². The third kappa shape index (κ3) is 1.18. The summed E-state index contributed by atoms with van der Waals surface area (Å²) in [6.45, 7) is 0. The first-order chi connectivity index (χ1) is 5.40. The zero-order valence-corrected chi connectivity index (χ0v) is 6.66. The van der Waals surface area contributed by atoms with Gasteiger partial charge in [0.2, 0.25) is 0 Å². The molecular weight excluding hydrogens is 134 g/mol. The van der Waals surface area contributed by atoms with E-state index >= 15 is 0 Å². The summed E-state index contributed by atoms with van der Waals surface area (Å²) in [7, 11) is 0. The summed E-state index contributed by atoms with van der Waals surface area (Å²) in [5, 5.41) is 8.57. The Bertz CT molecular complexity index is 211. The Hall–Kier alpha value is -0.770. The van der Waals surface area contributed by atoms with Crippen molar-refractivity contribution in [3.63, 3.8) is 0 Å². The molecule has 0 saturated heterocycles. The summed E-state index contributed by atoms with van der Waals surface area (Å²) >= 11 is 0. The first kappa shape index (κ1) is 6.91. The van der Waals surface area contributed by atoms with Crippen LogP contribution in [0.1, 0.15) is 25.7 Å². The molecule has 58 valence electrons. The Kier molecular flexibility index (Phi) is 1.69. The van der Waals surface area contributed by atoms with Crippen LogP contribution >= 0.6 is 0 Å². The van der Waals surface area contributed by atoms with E-state index in [2.05, 4.69) is 18.2 Å². The van der Waals surface area contributed by atoms with Gasteiger partial charge in [-0.05, 0) is 37.0 Å². The summed E-state index contributed by atoms with van der Waals surface area (Å²) in [5.41, 5.74) is 0. The predicted molar refractivity (Wildman–Crippen MR) is 43.7 cm³/mol. The van der Waals surface area contributed by atoms with Crippen LogP contribution in [-0.4, -0.2) is 0 Å². The fourth-order valence-corrected chi connectivity index (χ4v) is 2.40. The number of rotatable bonds is 1. The van der Waals surface area contributed by atoms with Crippen LogP contribution in [-0.2, 0) is 0 Å². The topological polar surface area (TPSA) is 23.8 Å². The van der Waals surface area contributed by atoms with Gasteiger partial charge in [-0.25, -0.2) is 0 Å². The van der Waals surface area contributed by atoms with Crippen LogP contribution in [0.3, 0.4) is 0 Å².